The van der Waals surface area contributed by atoms with E-state index < -0.39 is 0 Å². The van der Waals surface area contributed by atoms with E-state index in [9.17, 15) is 5.11 Å². The number of aromatic nitrogens is 2. The number of hydrogen-bond donors (Lipinski definition) is 2. The average molecular weight is 253 g/mol. The maximum absolute atomic E-state index is 9.89. The third kappa shape index (κ3) is 3.57. The number of rotatable bonds is 4. The fourth-order valence-electron chi connectivity index (χ4n) is 2.10. The number of nitrogens with one attached hydrogen (secondary N) is 1. The van der Waals surface area contributed by atoms with Gasteiger partial charge in [0.2, 0.25) is 0 Å². The Kier molecular flexibility index (Phi) is 4.62. The summed E-state index contributed by atoms with van der Waals surface area (Å²) in [6.07, 6.45) is 7.43. The molecule has 0 aliphatic heterocycles. The van der Waals surface area contributed by atoms with E-state index in [1.165, 1.54) is 6.42 Å². The lowest BCUT2D eigenvalue weighted by Gasteiger charge is -2.28. The summed E-state index contributed by atoms with van der Waals surface area (Å²) in [6, 6.07) is 0.125. The van der Waals surface area contributed by atoms with Gasteiger partial charge in [0.1, 0.15) is 10.8 Å². The van der Waals surface area contributed by atoms with Crippen LogP contribution in [-0.2, 0) is 0 Å². The Morgan fingerprint density at radius 1 is 1.41 bits per heavy atom. The molecule has 0 spiro atoms. The SMILES string of the molecule is CCSc1cncc(N[C@@H]2CCCC[C@@H]2O)n1. The molecule has 0 aromatic carbocycles. The summed E-state index contributed by atoms with van der Waals surface area (Å²) in [7, 11) is 0. The topological polar surface area (TPSA) is 58.0 Å². The fourth-order valence-corrected chi connectivity index (χ4v) is 2.70. The molecule has 5 heteroatoms. The van der Waals surface area contributed by atoms with Crippen LogP contribution in [0, 0.1) is 0 Å². The third-order valence-corrected chi connectivity index (χ3v) is 3.75. The largest absolute Gasteiger partial charge is 0.391 e. The summed E-state index contributed by atoms with van der Waals surface area (Å²) < 4.78 is 0. The summed E-state index contributed by atoms with van der Waals surface area (Å²) in [6.45, 7) is 2.09. The molecule has 2 N–H and O–H groups in total. The Bertz CT molecular complexity index is 361. The molecular formula is C12H19N3OS. The van der Waals surface area contributed by atoms with Crippen LogP contribution in [0.5, 0.6) is 0 Å². The normalized spacial score (nSPS) is 24.6. The summed E-state index contributed by atoms with van der Waals surface area (Å²) in [5, 5.41) is 14.1. The first-order chi connectivity index (χ1) is 8.29. The Hall–Kier alpha value is -0.810. The van der Waals surface area contributed by atoms with E-state index in [1.54, 1.807) is 24.2 Å². The molecule has 0 saturated heterocycles. The number of thioether (sulfide) groups is 1. The molecule has 17 heavy (non-hydrogen) atoms. The smallest absolute Gasteiger partial charge is 0.146 e. The lowest BCUT2D eigenvalue weighted by Crippen LogP contribution is -2.36. The highest BCUT2D eigenvalue weighted by Crippen LogP contribution is 2.22. The lowest BCUT2D eigenvalue weighted by atomic mass is 9.93. The van der Waals surface area contributed by atoms with Crippen LogP contribution < -0.4 is 5.32 Å². The van der Waals surface area contributed by atoms with E-state index in [0.717, 1.165) is 35.9 Å². The van der Waals surface area contributed by atoms with Crippen LogP contribution in [0.2, 0.25) is 0 Å². The minimum absolute atomic E-state index is 0.125. The van der Waals surface area contributed by atoms with Crippen LogP contribution in [0.1, 0.15) is 32.6 Å². The number of aliphatic hydroxyl groups is 1. The molecule has 0 unspecified atom stereocenters. The number of nitrogens with zero attached hydrogens (tertiary/aromatic N) is 2. The molecule has 1 fully saturated rings. The van der Waals surface area contributed by atoms with Gasteiger partial charge >= 0.3 is 0 Å². The molecule has 1 heterocycles. The van der Waals surface area contributed by atoms with Crippen molar-refractivity contribution in [3.63, 3.8) is 0 Å². The first-order valence-corrected chi connectivity index (χ1v) is 7.17. The van der Waals surface area contributed by atoms with Gasteiger partial charge in [-0.25, -0.2) is 4.98 Å². The van der Waals surface area contributed by atoms with Crippen LogP contribution in [0.15, 0.2) is 17.4 Å². The van der Waals surface area contributed by atoms with E-state index in [4.69, 9.17) is 0 Å². The summed E-state index contributed by atoms with van der Waals surface area (Å²) in [5.41, 5.74) is 0. The van der Waals surface area contributed by atoms with Crippen LogP contribution in [0.3, 0.4) is 0 Å². The van der Waals surface area contributed by atoms with E-state index in [1.807, 2.05) is 0 Å². The van der Waals surface area contributed by atoms with Crippen molar-refractivity contribution in [1.29, 1.82) is 0 Å². The molecule has 2 atom stereocenters. The molecule has 1 aromatic rings. The summed E-state index contributed by atoms with van der Waals surface area (Å²) in [4.78, 5) is 8.64. The van der Waals surface area contributed by atoms with Crippen molar-refractivity contribution >= 4 is 17.6 Å². The van der Waals surface area contributed by atoms with Crippen molar-refractivity contribution in [1.82, 2.24) is 9.97 Å². The Labute approximate surface area is 106 Å². The molecular weight excluding hydrogens is 234 g/mol. The predicted molar refractivity (Wildman–Crippen MR) is 70.3 cm³/mol. The molecule has 1 aliphatic carbocycles. The molecule has 1 aromatic heterocycles. The van der Waals surface area contributed by atoms with Gasteiger partial charge in [-0.3, -0.25) is 4.98 Å². The van der Waals surface area contributed by atoms with Crippen LogP contribution >= 0.6 is 11.8 Å². The zero-order valence-electron chi connectivity index (χ0n) is 10.1. The van der Waals surface area contributed by atoms with Gasteiger partial charge in [0.15, 0.2) is 0 Å². The van der Waals surface area contributed by atoms with Gasteiger partial charge in [-0.2, -0.15) is 0 Å². The van der Waals surface area contributed by atoms with Gasteiger partial charge in [0, 0.05) is 0 Å². The number of anilines is 1. The molecule has 0 radical (unpaired) electrons. The number of aliphatic hydroxyl groups excluding tert-OH is 1. The second-order valence-electron chi connectivity index (χ2n) is 4.28. The van der Waals surface area contributed by atoms with Crippen molar-refractivity contribution in [2.24, 2.45) is 0 Å². The van der Waals surface area contributed by atoms with E-state index >= 15 is 0 Å². The van der Waals surface area contributed by atoms with E-state index in [2.05, 4.69) is 22.2 Å². The van der Waals surface area contributed by atoms with Gasteiger partial charge < -0.3 is 10.4 Å². The quantitative estimate of drug-likeness (QED) is 0.806. The van der Waals surface area contributed by atoms with Crippen molar-refractivity contribution in [3.05, 3.63) is 12.4 Å². The molecule has 1 aliphatic rings. The fraction of sp³-hybridized carbons (Fsp3) is 0.667. The first kappa shape index (κ1) is 12.6. The Morgan fingerprint density at radius 2 is 2.24 bits per heavy atom. The molecule has 2 rings (SSSR count). The van der Waals surface area contributed by atoms with Gasteiger partial charge in [0.05, 0.1) is 24.5 Å². The molecule has 4 nitrogen and oxygen atoms in total. The molecule has 0 amide bonds. The van der Waals surface area contributed by atoms with E-state index in [-0.39, 0.29) is 12.1 Å². The highest BCUT2D eigenvalue weighted by Gasteiger charge is 2.23. The molecule has 94 valence electrons. The number of hydrogen-bond acceptors (Lipinski definition) is 5. The average Bonchev–Trinajstić information content (AvgIpc) is 2.33. The second kappa shape index (κ2) is 6.21. The zero-order valence-corrected chi connectivity index (χ0v) is 10.9. The van der Waals surface area contributed by atoms with Crippen molar-refractivity contribution in [3.8, 4) is 0 Å². The first-order valence-electron chi connectivity index (χ1n) is 6.19. The standard InChI is InChI=1S/C12H19N3OS/c1-2-17-12-8-13-7-11(15-12)14-9-5-3-4-6-10(9)16/h7-10,16H,2-6H2,1H3,(H,14,15)/t9-,10+/m1/s1. The van der Waals surface area contributed by atoms with Crippen molar-refractivity contribution < 1.29 is 5.11 Å². The Balaban J connectivity index is 1.99. The maximum Gasteiger partial charge on any atom is 0.146 e. The molecule has 0 bridgehead atoms. The maximum atomic E-state index is 9.89. The highest BCUT2D eigenvalue weighted by atomic mass is 32.2. The molecule has 1 saturated carbocycles. The minimum Gasteiger partial charge on any atom is -0.391 e. The van der Waals surface area contributed by atoms with Crippen LogP contribution in [-0.4, -0.2) is 33.0 Å². The second-order valence-corrected chi connectivity index (χ2v) is 5.56. The van der Waals surface area contributed by atoms with Crippen LogP contribution in [0.4, 0.5) is 5.82 Å². The van der Waals surface area contributed by atoms with Crippen LogP contribution in [0.25, 0.3) is 0 Å². The van der Waals surface area contributed by atoms with E-state index in [0.29, 0.717) is 0 Å². The lowest BCUT2D eigenvalue weighted by molar-refractivity contribution is 0.116. The zero-order chi connectivity index (χ0) is 12.1. The summed E-state index contributed by atoms with van der Waals surface area (Å²) >= 11 is 1.68. The van der Waals surface area contributed by atoms with Gasteiger partial charge in [-0.15, -0.1) is 11.8 Å². The van der Waals surface area contributed by atoms with Crippen molar-refractivity contribution in [2.45, 2.75) is 49.8 Å². The van der Waals surface area contributed by atoms with Gasteiger partial charge in [0.25, 0.3) is 0 Å². The Morgan fingerprint density at radius 3 is 3.00 bits per heavy atom. The predicted octanol–water partition coefficient (Wildman–Crippen LogP) is 2.30. The van der Waals surface area contributed by atoms with Gasteiger partial charge in [-0.05, 0) is 18.6 Å². The highest BCUT2D eigenvalue weighted by molar-refractivity contribution is 7.99. The summed E-state index contributed by atoms with van der Waals surface area (Å²) in [5.74, 6) is 1.76. The van der Waals surface area contributed by atoms with Gasteiger partial charge in [-0.1, -0.05) is 19.8 Å². The van der Waals surface area contributed by atoms with Crippen molar-refractivity contribution in [2.75, 3.05) is 11.1 Å². The minimum atomic E-state index is -0.256. The monoisotopic (exact) mass is 253 g/mol. The third-order valence-electron chi connectivity index (χ3n) is 2.97.